The first-order chi connectivity index (χ1) is 13.6. The molecule has 0 saturated carbocycles. The van der Waals surface area contributed by atoms with E-state index in [1.807, 2.05) is 68.1 Å². The maximum Gasteiger partial charge on any atom is 0.319 e. The molecule has 0 saturated heterocycles. The standard InChI is InChI=1S/C21H29N5OS/c1-16(2)25-21(27)26-18-11-9-17(10-12-18)15-24-20(22-3)23-13-14-28-19-7-5-4-6-8-19/h4-12,16H,13-15H2,1-3H3,(H2,22,23,24)(H2,25,26,27). The van der Waals surface area contributed by atoms with E-state index in [2.05, 4.69) is 38.4 Å². The summed E-state index contributed by atoms with van der Waals surface area (Å²) in [6, 6.07) is 18.0. The zero-order valence-electron chi connectivity index (χ0n) is 16.7. The van der Waals surface area contributed by atoms with Crippen LogP contribution in [-0.4, -0.2) is 37.4 Å². The van der Waals surface area contributed by atoms with Gasteiger partial charge in [-0.1, -0.05) is 30.3 Å². The monoisotopic (exact) mass is 399 g/mol. The molecule has 0 atom stereocenters. The number of hydrogen-bond donors (Lipinski definition) is 4. The zero-order valence-corrected chi connectivity index (χ0v) is 17.5. The fourth-order valence-corrected chi connectivity index (χ4v) is 3.19. The van der Waals surface area contributed by atoms with E-state index in [0.29, 0.717) is 6.54 Å². The number of amides is 2. The number of rotatable bonds is 8. The number of guanidine groups is 1. The normalized spacial score (nSPS) is 11.2. The van der Waals surface area contributed by atoms with Gasteiger partial charge in [0.2, 0.25) is 0 Å². The second kappa shape index (κ2) is 11.9. The Kier molecular flexibility index (Phi) is 9.21. The molecule has 150 valence electrons. The summed E-state index contributed by atoms with van der Waals surface area (Å²) in [6.07, 6.45) is 0. The molecule has 0 aliphatic rings. The van der Waals surface area contributed by atoms with Crippen LogP contribution in [0.25, 0.3) is 0 Å². The van der Waals surface area contributed by atoms with Crippen molar-refractivity contribution in [2.75, 3.05) is 24.7 Å². The molecule has 0 fully saturated rings. The van der Waals surface area contributed by atoms with Gasteiger partial charge in [0.25, 0.3) is 0 Å². The van der Waals surface area contributed by atoms with E-state index in [4.69, 9.17) is 0 Å². The number of nitrogens with zero attached hydrogens (tertiary/aromatic N) is 1. The molecule has 0 spiro atoms. The van der Waals surface area contributed by atoms with Gasteiger partial charge >= 0.3 is 6.03 Å². The van der Waals surface area contributed by atoms with Crippen LogP contribution in [0.2, 0.25) is 0 Å². The Bertz CT molecular complexity index is 747. The van der Waals surface area contributed by atoms with Gasteiger partial charge < -0.3 is 21.3 Å². The Labute approximate surface area is 171 Å². The summed E-state index contributed by atoms with van der Waals surface area (Å²) in [6.45, 7) is 5.34. The molecule has 0 aliphatic heterocycles. The van der Waals surface area contributed by atoms with Gasteiger partial charge in [0.05, 0.1) is 0 Å². The number of carbonyl (C=O) groups is 1. The van der Waals surface area contributed by atoms with Crippen LogP contribution in [0.1, 0.15) is 19.4 Å². The number of hydrogen-bond acceptors (Lipinski definition) is 3. The predicted molar refractivity (Wildman–Crippen MR) is 119 cm³/mol. The minimum Gasteiger partial charge on any atom is -0.356 e. The van der Waals surface area contributed by atoms with Crippen molar-refractivity contribution in [1.29, 1.82) is 0 Å². The summed E-state index contributed by atoms with van der Waals surface area (Å²) in [5, 5.41) is 12.2. The van der Waals surface area contributed by atoms with Crippen LogP contribution in [-0.2, 0) is 6.54 Å². The number of urea groups is 1. The molecular formula is C21H29N5OS. The average molecular weight is 400 g/mol. The van der Waals surface area contributed by atoms with Gasteiger partial charge in [0.15, 0.2) is 5.96 Å². The van der Waals surface area contributed by atoms with Crippen LogP contribution >= 0.6 is 11.8 Å². The summed E-state index contributed by atoms with van der Waals surface area (Å²) in [4.78, 5) is 17.2. The fourth-order valence-electron chi connectivity index (χ4n) is 2.40. The van der Waals surface area contributed by atoms with Crippen molar-refractivity contribution < 1.29 is 4.79 Å². The molecule has 0 unspecified atom stereocenters. The lowest BCUT2D eigenvalue weighted by atomic mass is 10.2. The third-order valence-corrected chi connectivity index (χ3v) is 4.74. The van der Waals surface area contributed by atoms with Crippen molar-refractivity contribution >= 4 is 29.4 Å². The molecular weight excluding hydrogens is 370 g/mol. The SMILES string of the molecule is CN=C(NCCSc1ccccc1)NCc1ccc(NC(=O)NC(C)C)cc1. The molecule has 0 radical (unpaired) electrons. The lowest BCUT2D eigenvalue weighted by Gasteiger charge is -2.13. The minimum absolute atomic E-state index is 0.105. The Morgan fingerprint density at radius 2 is 1.75 bits per heavy atom. The maximum atomic E-state index is 11.7. The minimum atomic E-state index is -0.196. The quantitative estimate of drug-likeness (QED) is 0.236. The molecule has 2 rings (SSSR count). The largest absolute Gasteiger partial charge is 0.356 e. The third kappa shape index (κ3) is 8.35. The Morgan fingerprint density at radius 1 is 1.04 bits per heavy atom. The molecule has 6 nitrogen and oxygen atoms in total. The molecule has 2 aromatic rings. The van der Waals surface area contributed by atoms with Crippen LogP contribution < -0.4 is 21.3 Å². The summed E-state index contributed by atoms with van der Waals surface area (Å²) in [7, 11) is 1.76. The first-order valence-corrected chi connectivity index (χ1v) is 10.3. The van der Waals surface area contributed by atoms with Crippen molar-refractivity contribution in [2.24, 2.45) is 4.99 Å². The van der Waals surface area contributed by atoms with E-state index in [9.17, 15) is 4.79 Å². The summed E-state index contributed by atoms with van der Waals surface area (Å²) < 4.78 is 0. The van der Waals surface area contributed by atoms with Gasteiger partial charge in [0, 0.05) is 42.5 Å². The molecule has 0 bridgehead atoms. The zero-order chi connectivity index (χ0) is 20.2. The molecule has 2 aromatic carbocycles. The number of anilines is 1. The van der Waals surface area contributed by atoms with Crippen LogP contribution in [0.4, 0.5) is 10.5 Å². The predicted octanol–water partition coefficient (Wildman–Crippen LogP) is 3.67. The molecule has 28 heavy (non-hydrogen) atoms. The lowest BCUT2D eigenvalue weighted by molar-refractivity contribution is 0.250. The van der Waals surface area contributed by atoms with Gasteiger partial charge in [-0.3, -0.25) is 4.99 Å². The Hall–Kier alpha value is -2.67. The van der Waals surface area contributed by atoms with Crippen molar-refractivity contribution in [1.82, 2.24) is 16.0 Å². The van der Waals surface area contributed by atoms with Gasteiger partial charge in [-0.05, 0) is 43.7 Å². The van der Waals surface area contributed by atoms with Crippen LogP contribution in [0, 0.1) is 0 Å². The van der Waals surface area contributed by atoms with E-state index in [-0.39, 0.29) is 12.1 Å². The number of carbonyl (C=O) groups excluding carboxylic acids is 1. The van der Waals surface area contributed by atoms with Crippen molar-refractivity contribution in [3.8, 4) is 0 Å². The van der Waals surface area contributed by atoms with E-state index in [0.717, 1.165) is 29.5 Å². The smallest absolute Gasteiger partial charge is 0.319 e. The lowest BCUT2D eigenvalue weighted by Crippen LogP contribution is -2.37. The molecule has 0 heterocycles. The Morgan fingerprint density at radius 3 is 2.39 bits per heavy atom. The topological polar surface area (TPSA) is 77.6 Å². The first kappa shape index (κ1) is 21.6. The van der Waals surface area contributed by atoms with E-state index >= 15 is 0 Å². The van der Waals surface area contributed by atoms with Crippen LogP contribution in [0.15, 0.2) is 64.5 Å². The molecule has 0 aromatic heterocycles. The molecule has 7 heteroatoms. The van der Waals surface area contributed by atoms with Crippen molar-refractivity contribution in [3.63, 3.8) is 0 Å². The summed E-state index contributed by atoms with van der Waals surface area (Å²) in [5.41, 5.74) is 1.87. The second-order valence-corrected chi connectivity index (χ2v) is 7.63. The third-order valence-electron chi connectivity index (χ3n) is 3.72. The number of thioether (sulfide) groups is 1. The van der Waals surface area contributed by atoms with Crippen molar-refractivity contribution in [2.45, 2.75) is 31.3 Å². The summed E-state index contributed by atoms with van der Waals surface area (Å²) in [5.74, 6) is 1.73. The van der Waals surface area contributed by atoms with E-state index < -0.39 is 0 Å². The fraction of sp³-hybridized carbons (Fsp3) is 0.333. The summed E-state index contributed by atoms with van der Waals surface area (Å²) >= 11 is 1.81. The first-order valence-electron chi connectivity index (χ1n) is 9.35. The number of aliphatic imine (C=N–C) groups is 1. The molecule has 0 aliphatic carbocycles. The highest BCUT2D eigenvalue weighted by Crippen LogP contribution is 2.15. The van der Waals surface area contributed by atoms with Crippen molar-refractivity contribution in [3.05, 3.63) is 60.2 Å². The van der Waals surface area contributed by atoms with Gasteiger partial charge in [-0.15, -0.1) is 11.8 Å². The maximum absolute atomic E-state index is 11.7. The molecule has 2 amide bonds. The van der Waals surface area contributed by atoms with Gasteiger partial charge in [0.1, 0.15) is 0 Å². The van der Waals surface area contributed by atoms with E-state index in [1.54, 1.807) is 7.05 Å². The highest BCUT2D eigenvalue weighted by atomic mass is 32.2. The van der Waals surface area contributed by atoms with E-state index in [1.165, 1.54) is 4.90 Å². The highest BCUT2D eigenvalue weighted by Gasteiger charge is 2.04. The molecule has 4 N–H and O–H groups in total. The average Bonchev–Trinajstić information content (AvgIpc) is 2.69. The number of benzene rings is 2. The Balaban J connectivity index is 1.70. The van der Waals surface area contributed by atoms with Crippen LogP contribution in [0.5, 0.6) is 0 Å². The second-order valence-electron chi connectivity index (χ2n) is 6.46. The highest BCUT2D eigenvalue weighted by molar-refractivity contribution is 7.99. The van der Waals surface area contributed by atoms with Crippen LogP contribution in [0.3, 0.4) is 0 Å². The van der Waals surface area contributed by atoms with Gasteiger partial charge in [-0.2, -0.15) is 0 Å². The van der Waals surface area contributed by atoms with Gasteiger partial charge in [-0.25, -0.2) is 4.79 Å². The number of nitrogens with one attached hydrogen (secondary N) is 4.